The van der Waals surface area contributed by atoms with Crippen LogP contribution in [0.2, 0.25) is 0 Å². The highest BCUT2D eigenvalue weighted by Gasteiger charge is 2.10. The maximum atomic E-state index is 12.2. The summed E-state index contributed by atoms with van der Waals surface area (Å²) in [4.78, 5) is 24.3. The van der Waals surface area contributed by atoms with Crippen LogP contribution in [-0.4, -0.2) is 23.2 Å². The van der Waals surface area contributed by atoms with Gasteiger partial charge in [-0.15, -0.1) is 0 Å². The van der Waals surface area contributed by atoms with E-state index in [1.807, 2.05) is 30.3 Å². The van der Waals surface area contributed by atoms with Crippen LogP contribution in [0.15, 0.2) is 88.4 Å². The maximum Gasteiger partial charge on any atom is 0.336 e. The summed E-state index contributed by atoms with van der Waals surface area (Å²) in [5.74, 6) is -0.980. The van der Waals surface area contributed by atoms with Crippen LogP contribution >= 0.6 is 15.9 Å². The molecule has 0 saturated heterocycles. The van der Waals surface area contributed by atoms with Crippen molar-refractivity contribution in [1.29, 1.82) is 0 Å². The molecule has 1 amide bonds. The van der Waals surface area contributed by atoms with Crippen molar-refractivity contribution >= 4 is 40.1 Å². The Bertz CT molecular complexity index is 1110. The number of hydrogen-bond donors (Lipinski definition) is 2. The average molecular weight is 465 g/mol. The molecule has 0 saturated carbocycles. The first-order valence-electron chi connectivity index (χ1n) is 8.89. The molecule has 0 aliphatic heterocycles. The SMILES string of the molecule is O=C(/C=C/c1ccccc1)Oc1ccc(Br)cc1/C=N/NC(=O)c1ccccc1O. The minimum absolute atomic E-state index is 0.0987. The summed E-state index contributed by atoms with van der Waals surface area (Å²) in [7, 11) is 0. The molecule has 2 N–H and O–H groups in total. The van der Waals surface area contributed by atoms with Crippen molar-refractivity contribution in [2.45, 2.75) is 0 Å². The van der Waals surface area contributed by atoms with Gasteiger partial charge in [0.2, 0.25) is 0 Å². The van der Waals surface area contributed by atoms with Crippen molar-refractivity contribution in [2.75, 3.05) is 0 Å². The van der Waals surface area contributed by atoms with Crippen LogP contribution in [-0.2, 0) is 4.79 Å². The van der Waals surface area contributed by atoms with E-state index in [1.54, 1.807) is 36.4 Å². The Labute approximate surface area is 181 Å². The highest BCUT2D eigenvalue weighted by Crippen LogP contribution is 2.22. The molecular formula is C23H17BrN2O4. The summed E-state index contributed by atoms with van der Waals surface area (Å²) in [5, 5.41) is 13.6. The Balaban J connectivity index is 1.69. The van der Waals surface area contributed by atoms with Gasteiger partial charge in [-0.1, -0.05) is 58.4 Å². The third-order valence-corrected chi connectivity index (χ3v) is 4.41. The fourth-order valence-corrected chi connectivity index (χ4v) is 2.85. The van der Waals surface area contributed by atoms with Crippen LogP contribution in [0, 0.1) is 0 Å². The number of rotatable bonds is 6. The first-order valence-corrected chi connectivity index (χ1v) is 9.68. The highest BCUT2D eigenvalue weighted by molar-refractivity contribution is 9.10. The summed E-state index contributed by atoms with van der Waals surface area (Å²) in [5.41, 5.74) is 3.78. The second-order valence-corrected chi connectivity index (χ2v) is 6.98. The van der Waals surface area contributed by atoms with Crippen LogP contribution in [0.5, 0.6) is 11.5 Å². The molecule has 0 atom stereocenters. The highest BCUT2D eigenvalue weighted by atomic mass is 79.9. The van der Waals surface area contributed by atoms with Crippen molar-refractivity contribution in [3.05, 3.63) is 100 Å². The number of ether oxygens (including phenoxy) is 1. The molecule has 0 spiro atoms. The number of carbonyl (C=O) groups is 2. The van der Waals surface area contributed by atoms with Gasteiger partial charge in [0.1, 0.15) is 11.5 Å². The normalized spacial score (nSPS) is 11.0. The molecule has 0 aliphatic rings. The molecule has 0 heterocycles. The largest absolute Gasteiger partial charge is 0.507 e. The van der Waals surface area contributed by atoms with E-state index in [4.69, 9.17) is 4.74 Å². The van der Waals surface area contributed by atoms with Crippen molar-refractivity contribution in [3.63, 3.8) is 0 Å². The minimum atomic E-state index is -0.566. The lowest BCUT2D eigenvalue weighted by Gasteiger charge is -2.06. The average Bonchev–Trinajstić information content (AvgIpc) is 2.75. The van der Waals surface area contributed by atoms with E-state index >= 15 is 0 Å². The zero-order chi connectivity index (χ0) is 21.3. The summed E-state index contributed by atoms with van der Waals surface area (Å²) in [6.45, 7) is 0. The van der Waals surface area contributed by atoms with Gasteiger partial charge in [0, 0.05) is 16.1 Å². The number of nitrogens with zero attached hydrogens (tertiary/aromatic N) is 1. The number of phenolic OH excluding ortho intramolecular Hbond substituents is 1. The van der Waals surface area contributed by atoms with Gasteiger partial charge >= 0.3 is 5.97 Å². The first-order chi connectivity index (χ1) is 14.5. The van der Waals surface area contributed by atoms with E-state index in [2.05, 4.69) is 26.5 Å². The molecule has 0 unspecified atom stereocenters. The molecule has 30 heavy (non-hydrogen) atoms. The number of carbonyl (C=O) groups excluding carboxylic acids is 2. The molecule has 0 aromatic heterocycles. The zero-order valence-electron chi connectivity index (χ0n) is 15.7. The topological polar surface area (TPSA) is 88.0 Å². The quantitative estimate of drug-likeness (QED) is 0.184. The third kappa shape index (κ3) is 5.89. The molecular weight excluding hydrogens is 448 g/mol. The molecule has 150 valence electrons. The molecule has 0 bridgehead atoms. The van der Waals surface area contributed by atoms with E-state index in [0.29, 0.717) is 5.56 Å². The third-order valence-electron chi connectivity index (χ3n) is 3.91. The lowest BCUT2D eigenvalue weighted by Crippen LogP contribution is -2.17. The molecule has 6 nitrogen and oxygen atoms in total. The molecule has 3 aromatic rings. The monoisotopic (exact) mass is 464 g/mol. The maximum absolute atomic E-state index is 12.2. The van der Waals surface area contributed by atoms with Crippen LogP contribution in [0.1, 0.15) is 21.5 Å². The van der Waals surface area contributed by atoms with Crippen molar-refractivity contribution < 1.29 is 19.4 Å². The number of hydrogen-bond acceptors (Lipinski definition) is 5. The molecule has 0 fully saturated rings. The van der Waals surface area contributed by atoms with Gasteiger partial charge in [0.15, 0.2) is 0 Å². The Morgan fingerprint density at radius 1 is 1.00 bits per heavy atom. The molecule has 3 rings (SSSR count). The van der Waals surface area contributed by atoms with Gasteiger partial charge in [-0.25, -0.2) is 10.2 Å². The number of benzene rings is 3. The predicted molar refractivity (Wildman–Crippen MR) is 118 cm³/mol. The summed E-state index contributed by atoms with van der Waals surface area (Å²) in [6, 6.07) is 20.5. The van der Waals surface area contributed by atoms with Gasteiger partial charge < -0.3 is 9.84 Å². The summed E-state index contributed by atoms with van der Waals surface area (Å²) < 4.78 is 6.14. The number of esters is 1. The molecule has 0 radical (unpaired) electrons. The van der Waals surface area contributed by atoms with Crippen molar-refractivity contribution in [1.82, 2.24) is 5.43 Å². The standard InChI is InChI=1S/C23H17BrN2O4/c24-18-11-12-21(30-22(28)13-10-16-6-2-1-3-7-16)17(14-18)15-25-26-23(29)19-8-4-5-9-20(19)27/h1-15,27H,(H,26,29)/b13-10+,25-15+. The number of para-hydroxylation sites is 1. The van der Waals surface area contributed by atoms with E-state index in [0.717, 1.165) is 10.0 Å². The second kappa shape index (κ2) is 10.2. The lowest BCUT2D eigenvalue weighted by molar-refractivity contribution is -0.128. The Hall–Kier alpha value is -3.71. The van der Waals surface area contributed by atoms with Crippen LogP contribution < -0.4 is 10.2 Å². The number of aromatic hydroxyl groups is 1. The van der Waals surface area contributed by atoms with Crippen LogP contribution in [0.4, 0.5) is 0 Å². The lowest BCUT2D eigenvalue weighted by atomic mass is 10.2. The van der Waals surface area contributed by atoms with Crippen molar-refractivity contribution in [3.8, 4) is 11.5 Å². The van der Waals surface area contributed by atoms with E-state index < -0.39 is 11.9 Å². The number of halogens is 1. The van der Waals surface area contributed by atoms with Crippen LogP contribution in [0.3, 0.4) is 0 Å². The summed E-state index contributed by atoms with van der Waals surface area (Å²) >= 11 is 3.35. The van der Waals surface area contributed by atoms with Gasteiger partial charge in [-0.05, 0) is 42.0 Å². The number of nitrogens with one attached hydrogen (secondary N) is 1. The smallest absolute Gasteiger partial charge is 0.336 e. The van der Waals surface area contributed by atoms with Gasteiger partial charge in [-0.3, -0.25) is 4.79 Å². The molecule has 7 heteroatoms. The Morgan fingerprint density at radius 3 is 2.50 bits per heavy atom. The molecule has 3 aromatic carbocycles. The number of amides is 1. The number of phenols is 1. The van der Waals surface area contributed by atoms with Gasteiger partial charge in [0.05, 0.1) is 11.8 Å². The van der Waals surface area contributed by atoms with E-state index in [9.17, 15) is 14.7 Å². The zero-order valence-corrected chi connectivity index (χ0v) is 17.2. The minimum Gasteiger partial charge on any atom is -0.507 e. The van der Waals surface area contributed by atoms with E-state index in [-0.39, 0.29) is 17.1 Å². The molecule has 0 aliphatic carbocycles. The fraction of sp³-hybridized carbons (Fsp3) is 0. The van der Waals surface area contributed by atoms with Gasteiger partial charge in [-0.2, -0.15) is 5.10 Å². The number of hydrazone groups is 1. The fourth-order valence-electron chi connectivity index (χ4n) is 2.47. The Morgan fingerprint density at radius 2 is 1.73 bits per heavy atom. The predicted octanol–water partition coefficient (Wildman–Crippen LogP) is 4.54. The Kier molecular flexibility index (Phi) is 7.13. The first kappa shape index (κ1) is 21.0. The van der Waals surface area contributed by atoms with Crippen LogP contribution in [0.25, 0.3) is 6.08 Å². The second-order valence-electron chi connectivity index (χ2n) is 6.06. The summed E-state index contributed by atoms with van der Waals surface area (Å²) in [6.07, 6.45) is 4.34. The van der Waals surface area contributed by atoms with Crippen molar-refractivity contribution in [2.24, 2.45) is 5.10 Å². The van der Waals surface area contributed by atoms with Gasteiger partial charge in [0.25, 0.3) is 5.91 Å². The van der Waals surface area contributed by atoms with E-state index in [1.165, 1.54) is 24.4 Å².